The van der Waals surface area contributed by atoms with Gasteiger partial charge < -0.3 is 15.0 Å². The number of rotatable bonds is 5. The summed E-state index contributed by atoms with van der Waals surface area (Å²) in [7, 11) is 1.96. The number of hydrogen-bond donors (Lipinski definition) is 1. The molecule has 19 heavy (non-hydrogen) atoms. The summed E-state index contributed by atoms with van der Waals surface area (Å²) >= 11 is 0. The molecule has 0 spiro atoms. The Kier molecular flexibility index (Phi) is 4.10. The lowest BCUT2D eigenvalue weighted by molar-refractivity contribution is 0.0902. The fourth-order valence-corrected chi connectivity index (χ4v) is 2.95. The summed E-state index contributed by atoms with van der Waals surface area (Å²) in [5.41, 5.74) is 2.31. The third-order valence-electron chi connectivity index (χ3n) is 4.09. The second-order valence-corrected chi connectivity index (χ2v) is 5.43. The number of hydrogen-bond acceptors (Lipinski definition) is 5. The highest BCUT2D eigenvalue weighted by Gasteiger charge is 2.24. The van der Waals surface area contributed by atoms with Gasteiger partial charge in [-0.1, -0.05) is 5.21 Å². The van der Waals surface area contributed by atoms with E-state index in [1.807, 2.05) is 11.7 Å². The molecule has 0 aromatic carbocycles. The third-order valence-corrected chi connectivity index (χ3v) is 4.09. The molecular formula is C13H23N5O. The molecule has 2 aliphatic rings. The van der Waals surface area contributed by atoms with Gasteiger partial charge >= 0.3 is 0 Å². The molecule has 3 rings (SSSR count). The van der Waals surface area contributed by atoms with Crippen molar-refractivity contribution in [1.82, 2.24) is 25.2 Å². The Hall–Kier alpha value is -0.980. The van der Waals surface area contributed by atoms with Gasteiger partial charge in [0.25, 0.3) is 0 Å². The molecule has 1 saturated heterocycles. The lowest BCUT2D eigenvalue weighted by Crippen LogP contribution is -2.34. The van der Waals surface area contributed by atoms with Gasteiger partial charge in [0.05, 0.1) is 24.9 Å². The van der Waals surface area contributed by atoms with E-state index < -0.39 is 0 Å². The fraction of sp³-hybridized carbons (Fsp3) is 0.846. The van der Waals surface area contributed by atoms with Crippen LogP contribution in [0.25, 0.3) is 0 Å². The predicted octanol–water partition coefficient (Wildman–Crippen LogP) is 0.114. The van der Waals surface area contributed by atoms with Crippen LogP contribution in [0.15, 0.2) is 0 Å². The van der Waals surface area contributed by atoms with Crippen molar-refractivity contribution in [2.75, 3.05) is 39.4 Å². The highest BCUT2D eigenvalue weighted by Crippen LogP contribution is 2.19. The molecule has 106 valence electrons. The zero-order chi connectivity index (χ0) is 13.1. The molecule has 0 unspecified atom stereocenters. The van der Waals surface area contributed by atoms with Crippen LogP contribution in [-0.4, -0.2) is 59.3 Å². The number of aromatic nitrogens is 3. The van der Waals surface area contributed by atoms with E-state index in [1.165, 1.54) is 31.6 Å². The Morgan fingerprint density at radius 3 is 3.05 bits per heavy atom. The van der Waals surface area contributed by atoms with Crippen LogP contribution in [0.1, 0.15) is 30.3 Å². The van der Waals surface area contributed by atoms with Gasteiger partial charge in [0.1, 0.15) is 5.69 Å². The number of fused-ring (bicyclic) bond motifs is 1. The molecule has 0 bridgehead atoms. The number of likely N-dealkylation sites (tertiary alicyclic amines) is 1. The van der Waals surface area contributed by atoms with Crippen molar-refractivity contribution in [3.63, 3.8) is 0 Å². The van der Waals surface area contributed by atoms with Crippen LogP contribution in [0, 0.1) is 0 Å². The van der Waals surface area contributed by atoms with E-state index in [9.17, 15) is 0 Å². The Balaban J connectivity index is 1.45. The van der Waals surface area contributed by atoms with Crippen molar-refractivity contribution in [1.29, 1.82) is 0 Å². The van der Waals surface area contributed by atoms with E-state index in [2.05, 4.69) is 20.5 Å². The molecule has 0 aliphatic carbocycles. The summed E-state index contributed by atoms with van der Waals surface area (Å²) in [6.45, 7) is 6.01. The quantitative estimate of drug-likeness (QED) is 0.766. The van der Waals surface area contributed by atoms with Gasteiger partial charge in [-0.15, -0.1) is 5.10 Å². The number of ether oxygens (including phenoxy) is 1. The van der Waals surface area contributed by atoms with E-state index in [0.29, 0.717) is 6.61 Å². The Bertz CT molecular complexity index is 413. The van der Waals surface area contributed by atoms with Crippen LogP contribution in [0.5, 0.6) is 0 Å². The molecule has 0 saturated carbocycles. The largest absolute Gasteiger partial charge is 0.378 e. The monoisotopic (exact) mass is 265 g/mol. The molecule has 6 heteroatoms. The summed E-state index contributed by atoms with van der Waals surface area (Å²) in [6.07, 6.45) is 3.68. The number of nitrogens with zero attached hydrogens (tertiary/aromatic N) is 4. The molecule has 1 fully saturated rings. The van der Waals surface area contributed by atoms with Crippen LogP contribution in [0.3, 0.4) is 0 Å². The first-order valence-electron chi connectivity index (χ1n) is 7.26. The van der Waals surface area contributed by atoms with Crippen LogP contribution >= 0.6 is 0 Å². The van der Waals surface area contributed by atoms with Crippen molar-refractivity contribution < 1.29 is 4.74 Å². The maximum Gasteiger partial charge on any atom is 0.105 e. The normalized spacial score (nSPS) is 23.7. The minimum atomic E-state index is 0.205. The standard InChI is InChI=1S/C13H23N5O/c1-17-12-4-5-14-11(13(12)15-16-17)10-19-9-8-18-6-2-3-7-18/h11,14H,2-10H2,1H3/t11-/m0/s1. The van der Waals surface area contributed by atoms with Crippen LogP contribution in [-0.2, 0) is 18.2 Å². The second kappa shape index (κ2) is 5.98. The number of aryl methyl sites for hydroxylation is 1. The van der Waals surface area contributed by atoms with Gasteiger partial charge in [-0.05, 0) is 25.9 Å². The molecule has 0 amide bonds. The number of nitrogens with one attached hydrogen (secondary N) is 1. The third kappa shape index (κ3) is 2.96. The maximum atomic E-state index is 5.82. The van der Waals surface area contributed by atoms with Gasteiger partial charge in [-0.25, -0.2) is 0 Å². The zero-order valence-electron chi connectivity index (χ0n) is 11.6. The van der Waals surface area contributed by atoms with E-state index in [0.717, 1.165) is 31.8 Å². The van der Waals surface area contributed by atoms with Crippen LogP contribution < -0.4 is 5.32 Å². The van der Waals surface area contributed by atoms with Gasteiger partial charge in [-0.3, -0.25) is 4.68 Å². The van der Waals surface area contributed by atoms with E-state index >= 15 is 0 Å². The predicted molar refractivity (Wildman–Crippen MR) is 71.9 cm³/mol. The summed E-state index contributed by atoms with van der Waals surface area (Å²) in [6, 6.07) is 0.205. The molecule has 6 nitrogen and oxygen atoms in total. The van der Waals surface area contributed by atoms with Gasteiger partial charge in [0, 0.05) is 26.6 Å². The molecule has 3 heterocycles. The Morgan fingerprint density at radius 1 is 1.37 bits per heavy atom. The molecule has 2 aliphatic heterocycles. The van der Waals surface area contributed by atoms with Crippen molar-refractivity contribution in [3.8, 4) is 0 Å². The highest BCUT2D eigenvalue weighted by molar-refractivity contribution is 5.18. The second-order valence-electron chi connectivity index (χ2n) is 5.43. The van der Waals surface area contributed by atoms with Gasteiger partial charge in [-0.2, -0.15) is 0 Å². The first-order valence-corrected chi connectivity index (χ1v) is 7.26. The summed E-state index contributed by atoms with van der Waals surface area (Å²) < 4.78 is 7.70. The van der Waals surface area contributed by atoms with Crippen molar-refractivity contribution >= 4 is 0 Å². The maximum absolute atomic E-state index is 5.82. The smallest absolute Gasteiger partial charge is 0.105 e. The van der Waals surface area contributed by atoms with Crippen molar-refractivity contribution in [3.05, 3.63) is 11.4 Å². The Labute approximate surface area is 114 Å². The summed E-state index contributed by atoms with van der Waals surface area (Å²) in [5, 5.41) is 11.8. The highest BCUT2D eigenvalue weighted by atomic mass is 16.5. The first kappa shape index (κ1) is 13.0. The fourth-order valence-electron chi connectivity index (χ4n) is 2.95. The average molecular weight is 265 g/mol. The lowest BCUT2D eigenvalue weighted by Gasteiger charge is -2.23. The summed E-state index contributed by atoms with van der Waals surface area (Å²) in [4.78, 5) is 2.47. The van der Waals surface area contributed by atoms with Crippen LogP contribution in [0.2, 0.25) is 0 Å². The minimum absolute atomic E-state index is 0.205. The van der Waals surface area contributed by atoms with Gasteiger partial charge in [0.2, 0.25) is 0 Å². The van der Waals surface area contributed by atoms with E-state index in [1.54, 1.807) is 0 Å². The SMILES string of the molecule is Cn1nnc2c1CCN[C@H]2COCCN1CCCC1. The molecule has 1 atom stereocenters. The molecule has 1 aromatic rings. The average Bonchev–Trinajstić information content (AvgIpc) is 3.06. The molecule has 1 aromatic heterocycles. The molecular weight excluding hydrogens is 242 g/mol. The van der Waals surface area contributed by atoms with Crippen molar-refractivity contribution in [2.45, 2.75) is 25.3 Å². The van der Waals surface area contributed by atoms with E-state index in [-0.39, 0.29) is 6.04 Å². The van der Waals surface area contributed by atoms with E-state index in [4.69, 9.17) is 4.74 Å². The summed E-state index contributed by atoms with van der Waals surface area (Å²) in [5.74, 6) is 0. The Morgan fingerprint density at radius 2 is 2.21 bits per heavy atom. The lowest BCUT2D eigenvalue weighted by atomic mass is 10.1. The molecule has 0 radical (unpaired) electrons. The van der Waals surface area contributed by atoms with Gasteiger partial charge in [0.15, 0.2) is 0 Å². The minimum Gasteiger partial charge on any atom is -0.378 e. The van der Waals surface area contributed by atoms with Crippen LogP contribution in [0.4, 0.5) is 0 Å². The first-order chi connectivity index (χ1) is 9.34. The topological polar surface area (TPSA) is 55.2 Å². The van der Waals surface area contributed by atoms with Crippen molar-refractivity contribution in [2.24, 2.45) is 7.05 Å². The molecule has 1 N–H and O–H groups in total. The zero-order valence-corrected chi connectivity index (χ0v) is 11.6.